The number of rotatable bonds is 7. The first-order valence-electron chi connectivity index (χ1n) is 9.16. The van der Waals surface area contributed by atoms with Crippen LogP contribution in [0.1, 0.15) is 31.4 Å². The number of hydrogen-bond donors (Lipinski definition) is 1. The number of benzene rings is 1. The van der Waals surface area contributed by atoms with Gasteiger partial charge < -0.3 is 5.32 Å². The Morgan fingerprint density at radius 1 is 1.29 bits per heavy atom. The molecule has 1 saturated carbocycles. The van der Waals surface area contributed by atoms with Crippen molar-refractivity contribution in [2.45, 2.75) is 42.8 Å². The maximum atomic E-state index is 13.0. The van der Waals surface area contributed by atoms with Crippen molar-refractivity contribution in [3.8, 4) is 11.4 Å². The monoisotopic (exact) mass is 397 g/mol. The second kappa shape index (κ2) is 8.10. The summed E-state index contributed by atoms with van der Waals surface area (Å²) in [7, 11) is 0. The highest BCUT2D eigenvalue weighted by Crippen LogP contribution is 2.41. The summed E-state index contributed by atoms with van der Waals surface area (Å²) >= 11 is 1.40. The second-order valence-corrected chi connectivity index (χ2v) is 8.06. The number of halogens is 1. The molecule has 1 atom stereocenters. The van der Waals surface area contributed by atoms with Crippen molar-refractivity contribution in [3.63, 3.8) is 0 Å². The molecular weight excluding hydrogens is 377 g/mol. The lowest BCUT2D eigenvalue weighted by Gasteiger charge is -2.13. The molecule has 1 aliphatic carbocycles. The van der Waals surface area contributed by atoms with Gasteiger partial charge in [0.15, 0.2) is 11.0 Å². The van der Waals surface area contributed by atoms with Gasteiger partial charge in [-0.2, -0.15) is 0 Å². The van der Waals surface area contributed by atoms with E-state index in [1.807, 2.05) is 19.1 Å². The summed E-state index contributed by atoms with van der Waals surface area (Å²) in [6.45, 7) is 2.21. The van der Waals surface area contributed by atoms with Gasteiger partial charge in [0, 0.05) is 30.5 Å². The van der Waals surface area contributed by atoms with Gasteiger partial charge in [-0.25, -0.2) is 4.39 Å². The Hall–Kier alpha value is -2.74. The van der Waals surface area contributed by atoms with Gasteiger partial charge in [-0.1, -0.05) is 23.9 Å². The lowest BCUT2D eigenvalue weighted by molar-refractivity contribution is -0.120. The molecule has 2 heterocycles. The highest BCUT2D eigenvalue weighted by atomic mass is 32.2. The number of carbonyl (C=O) groups excluding carboxylic acids is 1. The fraction of sp³-hybridized carbons (Fsp3) is 0.300. The van der Waals surface area contributed by atoms with E-state index in [-0.39, 0.29) is 17.0 Å². The second-order valence-electron chi connectivity index (χ2n) is 6.75. The maximum absolute atomic E-state index is 13.0. The summed E-state index contributed by atoms with van der Waals surface area (Å²) in [6.07, 6.45) is 5.68. The average molecular weight is 397 g/mol. The minimum atomic E-state index is -0.330. The quantitative estimate of drug-likeness (QED) is 0.617. The minimum absolute atomic E-state index is 0.0948. The van der Waals surface area contributed by atoms with Crippen molar-refractivity contribution >= 4 is 17.7 Å². The summed E-state index contributed by atoms with van der Waals surface area (Å²) < 4.78 is 15.1. The summed E-state index contributed by atoms with van der Waals surface area (Å²) in [4.78, 5) is 16.7. The first-order valence-corrected chi connectivity index (χ1v) is 10.0. The molecule has 0 saturated heterocycles. The Bertz CT molecular complexity index is 956. The molecule has 1 aliphatic rings. The number of hydrogen-bond acceptors (Lipinski definition) is 5. The fourth-order valence-electron chi connectivity index (χ4n) is 2.86. The van der Waals surface area contributed by atoms with Crippen molar-refractivity contribution in [2.24, 2.45) is 0 Å². The Morgan fingerprint density at radius 2 is 2.07 bits per heavy atom. The molecule has 1 fully saturated rings. The van der Waals surface area contributed by atoms with Crippen LogP contribution in [0, 0.1) is 5.82 Å². The summed E-state index contributed by atoms with van der Waals surface area (Å²) in [5, 5.41) is 12.0. The highest BCUT2D eigenvalue weighted by molar-refractivity contribution is 8.00. The Morgan fingerprint density at radius 3 is 2.75 bits per heavy atom. The molecule has 0 radical (unpaired) electrons. The number of carbonyl (C=O) groups is 1. The molecule has 144 valence electrons. The van der Waals surface area contributed by atoms with Crippen LogP contribution in [0.2, 0.25) is 0 Å². The molecule has 6 nitrogen and oxygen atoms in total. The number of thioether (sulfide) groups is 1. The van der Waals surface area contributed by atoms with Crippen LogP contribution in [0.3, 0.4) is 0 Å². The average Bonchev–Trinajstić information content (AvgIpc) is 3.48. The smallest absolute Gasteiger partial charge is 0.233 e. The first kappa shape index (κ1) is 18.6. The third-order valence-corrected chi connectivity index (χ3v) is 5.58. The molecule has 1 aromatic carbocycles. The zero-order valence-electron chi connectivity index (χ0n) is 15.4. The van der Waals surface area contributed by atoms with Crippen molar-refractivity contribution in [1.29, 1.82) is 0 Å². The van der Waals surface area contributed by atoms with Gasteiger partial charge >= 0.3 is 0 Å². The van der Waals surface area contributed by atoms with E-state index in [4.69, 9.17) is 0 Å². The maximum Gasteiger partial charge on any atom is 0.233 e. The number of nitrogens with zero attached hydrogens (tertiary/aromatic N) is 4. The van der Waals surface area contributed by atoms with Crippen LogP contribution in [0.4, 0.5) is 4.39 Å². The third kappa shape index (κ3) is 4.22. The zero-order chi connectivity index (χ0) is 19.5. The van der Waals surface area contributed by atoms with Gasteiger partial charge in [-0.05, 0) is 49.6 Å². The van der Waals surface area contributed by atoms with E-state index in [1.54, 1.807) is 24.5 Å². The molecule has 1 N–H and O–H groups in total. The Kier molecular flexibility index (Phi) is 5.38. The number of amides is 1. The predicted molar refractivity (Wildman–Crippen MR) is 105 cm³/mol. The topological polar surface area (TPSA) is 72.7 Å². The molecule has 8 heteroatoms. The molecule has 0 aliphatic heterocycles. The normalized spacial score (nSPS) is 14.6. The van der Waals surface area contributed by atoms with Crippen molar-refractivity contribution in [2.75, 3.05) is 0 Å². The van der Waals surface area contributed by atoms with E-state index in [1.165, 1.54) is 23.9 Å². The van der Waals surface area contributed by atoms with Crippen LogP contribution >= 0.6 is 11.8 Å². The first-order chi connectivity index (χ1) is 13.6. The molecule has 28 heavy (non-hydrogen) atoms. The molecule has 4 rings (SSSR count). The zero-order valence-corrected chi connectivity index (χ0v) is 16.2. The fourth-order valence-corrected chi connectivity index (χ4v) is 3.80. The molecule has 1 amide bonds. The van der Waals surface area contributed by atoms with Crippen LogP contribution in [-0.2, 0) is 11.3 Å². The molecule has 0 unspecified atom stereocenters. The van der Waals surface area contributed by atoms with Gasteiger partial charge in [0.1, 0.15) is 5.82 Å². The molecular formula is C20H20FN5OS. The lowest BCUT2D eigenvalue weighted by atomic mass is 10.2. The SMILES string of the molecule is C[C@@H](Sc1nnc(-c2cccnc2)n1C1CC1)C(=O)NCc1ccc(F)cc1. The lowest BCUT2D eigenvalue weighted by Crippen LogP contribution is -2.30. The van der Waals surface area contributed by atoms with Gasteiger partial charge in [-0.3, -0.25) is 14.3 Å². The van der Waals surface area contributed by atoms with E-state index in [2.05, 4.69) is 25.1 Å². The van der Waals surface area contributed by atoms with Crippen LogP contribution in [0.5, 0.6) is 0 Å². The molecule has 0 spiro atoms. The van der Waals surface area contributed by atoms with Crippen LogP contribution < -0.4 is 5.32 Å². The van der Waals surface area contributed by atoms with Gasteiger partial charge in [-0.15, -0.1) is 10.2 Å². The number of nitrogens with one attached hydrogen (secondary N) is 1. The van der Waals surface area contributed by atoms with E-state index in [9.17, 15) is 9.18 Å². The third-order valence-electron chi connectivity index (χ3n) is 4.53. The van der Waals surface area contributed by atoms with E-state index >= 15 is 0 Å². The molecule has 3 aromatic rings. The number of pyridine rings is 1. The van der Waals surface area contributed by atoms with Crippen molar-refractivity contribution in [3.05, 3.63) is 60.2 Å². The van der Waals surface area contributed by atoms with Crippen LogP contribution in [0.25, 0.3) is 11.4 Å². The Balaban J connectivity index is 1.44. The largest absolute Gasteiger partial charge is 0.351 e. The van der Waals surface area contributed by atoms with E-state index < -0.39 is 0 Å². The van der Waals surface area contributed by atoms with E-state index in [0.717, 1.165) is 34.9 Å². The summed E-state index contributed by atoms with van der Waals surface area (Å²) in [5.74, 6) is 0.405. The molecule has 2 aromatic heterocycles. The highest BCUT2D eigenvalue weighted by Gasteiger charge is 2.31. The standard InChI is InChI=1S/C20H20FN5OS/c1-13(19(27)23-11-14-4-6-16(21)7-5-14)28-20-25-24-18(26(20)17-8-9-17)15-3-2-10-22-12-15/h2-7,10,12-13,17H,8-9,11H2,1H3,(H,23,27)/t13-/m1/s1. The predicted octanol–water partition coefficient (Wildman–Crippen LogP) is 3.61. The summed E-state index contributed by atoms with van der Waals surface area (Å²) in [6, 6.07) is 10.3. The van der Waals surface area contributed by atoms with Crippen LogP contribution in [-0.4, -0.2) is 30.9 Å². The van der Waals surface area contributed by atoms with Crippen molar-refractivity contribution < 1.29 is 9.18 Å². The number of aromatic nitrogens is 4. The van der Waals surface area contributed by atoms with Gasteiger partial charge in [0.25, 0.3) is 0 Å². The molecule has 0 bridgehead atoms. The summed E-state index contributed by atoms with van der Waals surface area (Å²) in [5.41, 5.74) is 1.77. The van der Waals surface area contributed by atoms with E-state index in [0.29, 0.717) is 12.6 Å². The Labute approximate surface area is 166 Å². The van der Waals surface area contributed by atoms with Crippen LogP contribution in [0.15, 0.2) is 53.9 Å². The van der Waals surface area contributed by atoms with Crippen molar-refractivity contribution in [1.82, 2.24) is 25.1 Å². The minimum Gasteiger partial charge on any atom is -0.351 e. The van der Waals surface area contributed by atoms with Gasteiger partial charge in [0.05, 0.1) is 5.25 Å². The van der Waals surface area contributed by atoms with Gasteiger partial charge in [0.2, 0.25) is 5.91 Å².